The zero-order valence-corrected chi connectivity index (χ0v) is 23.7. The molecule has 2 amide bonds. The standard InChI is InChI=1S/C29H36ClFN4O4/c1-17(26(36)23-11-8-14-35(23)28(38)39-29(2,3)4)27(37)33-24-16-34(5)22-13-12-18(30)15-20(22)25(32-24)19-9-6-7-10-21(19)31/h6-7,9-10,12-13,15,17,23-24,26,36H,8,11,14,16H2,1-5H3,(H,33,37)/t17-,23-,24?,26-/m1/s1. The number of rotatable bonds is 5. The Balaban J connectivity index is 1.57. The highest BCUT2D eigenvalue weighted by Gasteiger charge is 2.40. The maximum atomic E-state index is 14.9. The second-order valence-corrected chi connectivity index (χ2v) is 11.6. The molecule has 1 unspecified atom stereocenters. The lowest BCUT2D eigenvalue weighted by molar-refractivity contribution is -0.130. The molecule has 2 aliphatic heterocycles. The van der Waals surface area contributed by atoms with E-state index in [0.717, 1.165) is 5.69 Å². The molecule has 2 aromatic carbocycles. The molecule has 0 radical (unpaired) electrons. The second-order valence-electron chi connectivity index (χ2n) is 11.2. The number of benzene rings is 2. The van der Waals surface area contributed by atoms with Crippen molar-refractivity contribution in [3.63, 3.8) is 0 Å². The van der Waals surface area contributed by atoms with Crippen molar-refractivity contribution in [1.29, 1.82) is 0 Å². The van der Waals surface area contributed by atoms with E-state index in [-0.39, 0.29) is 0 Å². The Hall–Kier alpha value is -3.17. The van der Waals surface area contributed by atoms with Gasteiger partial charge in [-0.3, -0.25) is 9.79 Å². The number of likely N-dealkylation sites (tertiary alicyclic amines) is 1. The summed E-state index contributed by atoms with van der Waals surface area (Å²) in [6.45, 7) is 7.75. The first-order valence-corrected chi connectivity index (χ1v) is 13.6. The molecule has 4 atom stereocenters. The van der Waals surface area contributed by atoms with Crippen molar-refractivity contribution in [2.45, 2.75) is 64.4 Å². The van der Waals surface area contributed by atoms with E-state index in [9.17, 15) is 19.1 Å². The average Bonchev–Trinajstić information content (AvgIpc) is 3.31. The van der Waals surface area contributed by atoms with Crippen LogP contribution in [0.5, 0.6) is 0 Å². The molecule has 0 aromatic heterocycles. The molecule has 4 rings (SSSR count). The second kappa shape index (κ2) is 11.5. The molecule has 0 saturated carbocycles. The molecule has 39 heavy (non-hydrogen) atoms. The summed E-state index contributed by atoms with van der Waals surface area (Å²) in [4.78, 5) is 34.3. The monoisotopic (exact) mass is 558 g/mol. The summed E-state index contributed by atoms with van der Waals surface area (Å²) in [5.41, 5.74) is 1.45. The Kier molecular flexibility index (Phi) is 8.51. The maximum absolute atomic E-state index is 14.9. The van der Waals surface area contributed by atoms with Gasteiger partial charge in [-0.05, 0) is 63.9 Å². The average molecular weight is 559 g/mol. The van der Waals surface area contributed by atoms with Crippen molar-refractivity contribution >= 4 is 35.0 Å². The number of aliphatic hydroxyl groups is 1. The van der Waals surface area contributed by atoms with Crippen LogP contribution in [0.15, 0.2) is 47.5 Å². The van der Waals surface area contributed by atoms with Crippen LogP contribution in [0.1, 0.15) is 51.7 Å². The zero-order chi connectivity index (χ0) is 28.5. The van der Waals surface area contributed by atoms with Crippen LogP contribution in [0.2, 0.25) is 5.02 Å². The van der Waals surface area contributed by atoms with E-state index < -0.39 is 47.6 Å². The van der Waals surface area contributed by atoms with E-state index >= 15 is 0 Å². The number of carbonyl (C=O) groups is 2. The molecule has 0 bridgehead atoms. The number of benzodiazepines with no additional fused rings is 1. The van der Waals surface area contributed by atoms with E-state index in [0.29, 0.717) is 47.8 Å². The number of hydrogen-bond donors (Lipinski definition) is 2. The van der Waals surface area contributed by atoms with Gasteiger partial charge in [0.1, 0.15) is 17.6 Å². The number of likely N-dealkylation sites (N-methyl/N-ethyl adjacent to an activating group) is 1. The molecule has 0 spiro atoms. The fourth-order valence-corrected chi connectivity index (χ4v) is 5.25. The lowest BCUT2D eigenvalue weighted by Gasteiger charge is -2.33. The number of carbonyl (C=O) groups excluding carboxylic acids is 2. The fraction of sp³-hybridized carbons (Fsp3) is 0.483. The van der Waals surface area contributed by atoms with Crippen LogP contribution in [0.3, 0.4) is 0 Å². The molecular formula is C29H36ClFN4O4. The molecule has 2 heterocycles. The normalized spacial score (nSPS) is 21.0. The Morgan fingerprint density at radius 2 is 1.92 bits per heavy atom. The quantitative estimate of drug-likeness (QED) is 0.559. The highest BCUT2D eigenvalue weighted by atomic mass is 35.5. The molecule has 10 heteroatoms. The Morgan fingerprint density at radius 1 is 1.21 bits per heavy atom. The minimum atomic E-state index is -1.10. The molecule has 1 fully saturated rings. The summed E-state index contributed by atoms with van der Waals surface area (Å²) in [7, 11) is 1.86. The lowest BCUT2D eigenvalue weighted by Crippen LogP contribution is -2.51. The van der Waals surface area contributed by atoms with E-state index in [1.54, 1.807) is 58.0 Å². The molecule has 1 saturated heterocycles. The van der Waals surface area contributed by atoms with Gasteiger partial charge in [-0.15, -0.1) is 0 Å². The number of nitrogens with one attached hydrogen (secondary N) is 1. The number of halogens is 2. The van der Waals surface area contributed by atoms with Crippen molar-refractivity contribution in [2.24, 2.45) is 10.9 Å². The lowest BCUT2D eigenvalue weighted by atomic mass is 9.95. The van der Waals surface area contributed by atoms with E-state index in [1.165, 1.54) is 11.0 Å². The molecule has 0 aliphatic carbocycles. The van der Waals surface area contributed by atoms with Crippen molar-refractivity contribution in [2.75, 3.05) is 25.0 Å². The summed E-state index contributed by atoms with van der Waals surface area (Å²) >= 11 is 6.30. The fourth-order valence-electron chi connectivity index (χ4n) is 5.08. The summed E-state index contributed by atoms with van der Waals surface area (Å²) in [6.07, 6.45) is -1.06. The number of aliphatic imine (C=N–C) groups is 1. The number of nitrogens with zero attached hydrogens (tertiary/aromatic N) is 3. The van der Waals surface area contributed by atoms with Crippen molar-refractivity contribution in [3.8, 4) is 0 Å². The number of amides is 2. The molecule has 2 aliphatic rings. The molecule has 210 valence electrons. The summed E-state index contributed by atoms with van der Waals surface area (Å²) < 4.78 is 20.4. The minimum Gasteiger partial charge on any atom is -0.444 e. The first-order valence-electron chi connectivity index (χ1n) is 13.2. The van der Waals surface area contributed by atoms with Crippen LogP contribution < -0.4 is 10.2 Å². The number of anilines is 1. The van der Waals surface area contributed by atoms with Crippen LogP contribution in [0.25, 0.3) is 0 Å². The van der Waals surface area contributed by atoms with Gasteiger partial charge in [0, 0.05) is 35.4 Å². The minimum absolute atomic E-state index is 0.294. The van der Waals surface area contributed by atoms with Gasteiger partial charge in [0.05, 0.1) is 30.3 Å². The van der Waals surface area contributed by atoms with Crippen LogP contribution in [-0.2, 0) is 9.53 Å². The molecule has 2 N–H and O–H groups in total. The van der Waals surface area contributed by atoms with Crippen molar-refractivity contribution < 1.29 is 23.8 Å². The van der Waals surface area contributed by atoms with Crippen LogP contribution in [-0.4, -0.2) is 71.8 Å². The zero-order valence-electron chi connectivity index (χ0n) is 22.9. The topological polar surface area (TPSA) is 94.5 Å². The number of hydrogen-bond acceptors (Lipinski definition) is 6. The molecule has 8 nitrogen and oxygen atoms in total. The third-order valence-corrected chi connectivity index (χ3v) is 7.28. The van der Waals surface area contributed by atoms with E-state index in [4.69, 9.17) is 21.3 Å². The van der Waals surface area contributed by atoms with Crippen molar-refractivity contribution in [3.05, 3.63) is 64.4 Å². The Labute approximate surface area is 233 Å². The van der Waals surface area contributed by atoms with E-state index in [2.05, 4.69) is 5.32 Å². The van der Waals surface area contributed by atoms with Gasteiger partial charge in [0.25, 0.3) is 0 Å². The summed E-state index contributed by atoms with van der Waals surface area (Å²) in [5.74, 6) is -1.70. The summed E-state index contributed by atoms with van der Waals surface area (Å²) in [5, 5.41) is 14.6. The highest BCUT2D eigenvalue weighted by Crippen LogP contribution is 2.31. The highest BCUT2D eigenvalue weighted by molar-refractivity contribution is 6.31. The Morgan fingerprint density at radius 3 is 2.62 bits per heavy atom. The molecule has 2 aromatic rings. The van der Waals surface area contributed by atoms with Gasteiger partial charge in [-0.25, -0.2) is 9.18 Å². The van der Waals surface area contributed by atoms with Gasteiger partial charge in [-0.1, -0.05) is 30.7 Å². The first kappa shape index (κ1) is 28.8. The SMILES string of the molecule is C[C@@H](C(=O)NC1CN(C)c2ccc(Cl)cc2C(c2ccccc2F)=N1)[C@@H](O)[C@H]1CCCN1C(=O)OC(C)(C)C. The van der Waals surface area contributed by atoms with Crippen LogP contribution >= 0.6 is 11.6 Å². The Bertz CT molecular complexity index is 1260. The number of ether oxygens (including phenoxy) is 1. The predicted molar refractivity (Wildman–Crippen MR) is 150 cm³/mol. The molecular weight excluding hydrogens is 523 g/mol. The third-order valence-electron chi connectivity index (χ3n) is 7.04. The third kappa shape index (κ3) is 6.53. The van der Waals surface area contributed by atoms with Crippen molar-refractivity contribution in [1.82, 2.24) is 10.2 Å². The first-order chi connectivity index (χ1) is 18.4. The largest absolute Gasteiger partial charge is 0.444 e. The maximum Gasteiger partial charge on any atom is 0.410 e. The predicted octanol–water partition coefficient (Wildman–Crippen LogP) is 4.61. The summed E-state index contributed by atoms with van der Waals surface area (Å²) in [6, 6.07) is 11.1. The van der Waals surface area contributed by atoms with Crippen LogP contribution in [0, 0.1) is 11.7 Å². The number of aliphatic hydroxyl groups excluding tert-OH is 1. The van der Waals surface area contributed by atoms with Gasteiger partial charge in [0.15, 0.2) is 0 Å². The number of fused-ring (bicyclic) bond motifs is 1. The smallest absolute Gasteiger partial charge is 0.410 e. The van der Waals surface area contributed by atoms with Gasteiger partial charge in [0.2, 0.25) is 5.91 Å². The van der Waals surface area contributed by atoms with Gasteiger partial charge in [-0.2, -0.15) is 0 Å². The van der Waals surface area contributed by atoms with Gasteiger partial charge < -0.3 is 25.0 Å². The van der Waals surface area contributed by atoms with E-state index in [1.807, 2.05) is 18.0 Å². The van der Waals surface area contributed by atoms with Gasteiger partial charge >= 0.3 is 6.09 Å². The van der Waals surface area contributed by atoms with Crippen LogP contribution in [0.4, 0.5) is 14.9 Å².